The number of benzene rings is 3. The molecular weight excluding hydrogens is 521 g/mol. The molecule has 0 saturated carbocycles. The molecule has 3 rings (SSSR count). The molecule has 218 valence electrons. The lowest BCUT2D eigenvalue weighted by atomic mass is 9.74. The molecule has 0 amide bonds. The number of rotatable bonds is 10. The predicted molar refractivity (Wildman–Crippen MR) is 183 cm³/mol. The van der Waals surface area contributed by atoms with Crippen molar-refractivity contribution in [2.75, 3.05) is 13.2 Å². The fourth-order valence-electron chi connectivity index (χ4n) is 5.74. The Hall–Kier alpha value is -3.26. The molecule has 0 heterocycles. The van der Waals surface area contributed by atoms with Crippen LogP contribution in [0.2, 0.25) is 0 Å². The van der Waals surface area contributed by atoms with Crippen molar-refractivity contribution < 1.29 is 10.2 Å². The SMILES string of the molecule is C/C=C\C(/C=C\C)=P(CC(C)(C)C(C)(/C=C/c1c(C)c(O)c(C)c(C)c1O)NC)(c1ccccc1)c1ccccc1. The van der Waals surface area contributed by atoms with Crippen molar-refractivity contribution in [3.8, 4) is 11.5 Å². The molecule has 1 atom stereocenters. The van der Waals surface area contributed by atoms with Gasteiger partial charge in [-0.05, 0) is 94.1 Å². The zero-order valence-electron chi connectivity index (χ0n) is 26.3. The van der Waals surface area contributed by atoms with Gasteiger partial charge in [0.15, 0.2) is 0 Å². The Kier molecular flexibility index (Phi) is 10.3. The highest BCUT2D eigenvalue weighted by Crippen LogP contribution is 2.55. The van der Waals surface area contributed by atoms with Crippen molar-refractivity contribution in [3.63, 3.8) is 0 Å². The van der Waals surface area contributed by atoms with Crippen LogP contribution in [0.4, 0.5) is 0 Å². The second-order valence-electron chi connectivity index (χ2n) is 11.7. The van der Waals surface area contributed by atoms with Crippen molar-refractivity contribution in [3.05, 3.63) is 113 Å². The summed E-state index contributed by atoms with van der Waals surface area (Å²) in [6.07, 6.45) is 13.9. The zero-order valence-corrected chi connectivity index (χ0v) is 27.2. The number of hydrogen-bond acceptors (Lipinski definition) is 3. The van der Waals surface area contributed by atoms with E-state index in [1.165, 1.54) is 15.9 Å². The van der Waals surface area contributed by atoms with Gasteiger partial charge >= 0.3 is 0 Å². The third-order valence-electron chi connectivity index (χ3n) is 8.94. The maximum absolute atomic E-state index is 11.0. The van der Waals surface area contributed by atoms with E-state index < -0.39 is 12.4 Å². The summed E-state index contributed by atoms with van der Waals surface area (Å²) in [6.45, 7) is 14.5. The van der Waals surface area contributed by atoms with Gasteiger partial charge in [0.1, 0.15) is 11.5 Å². The first-order valence-corrected chi connectivity index (χ1v) is 16.4. The number of aromatic hydroxyl groups is 2. The first-order chi connectivity index (χ1) is 19.4. The quantitative estimate of drug-likeness (QED) is 0.171. The highest BCUT2D eigenvalue weighted by Gasteiger charge is 2.43. The smallest absolute Gasteiger partial charge is 0.126 e. The minimum absolute atomic E-state index is 0.220. The average molecular weight is 570 g/mol. The van der Waals surface area contributed by atoms with Crippen LogP contribution in [-0.4, -0.2) is 34.3 Å². The summed E-state index contributed by atoms with van der Waals surface area (Å²) in [4.78, 5) is 0. The number of allylic oxidation sites excluding steroid dienone is 4. The molecule has 3 nitrogen and oxygen atoms in total. The Morgan fingerprint density at radius 2 is 1.22 bits per heavy atom. The van der Waals surface area contributed by atoms with Crippen molar-refractivity contribution in [2.45, 2.75) is 60.9 Å². The number of phenolic OH excluding ortho intramolecular Hbond substituents is 2. The van der Waals surface area contributed by atoms with Crippen LogP contribution in [0.15, 0.2) is 91.0 Å². The molecule has 0 aliphatic heterocycles. The Balaban J connectivity index is 2.34. The predicted octanol–water partition coefficient (Wildman–Crippen LogP) is 8.03. The molecule has 3 aromatic carbocycles. The molecule has 0 spiro atoms. The lowest BCUT2D eigenvalue weighted by Gasteiger charge is -2.47. The number of likely N-dealkylation sites (N-methyl/N-ethyl adjacent to an activating group) is 1. The number of nitrogens with one attached hydrogen (secondary N) is 1. The maximum Gasteiger partial charge on any atom is 0.126 e. The van der Waals surface area contributed by atoms with Gasteiger partial charge in [-0.15, -0.1) is 0 Å². The first kappa shape index (κ1) is 32.3. The number of phenols is 2. The molecule has 0 aromatic heterocycles. The Morgan fingerprint density at radius 1 is 0.756 bits per heavy atom. The molecule has 0 bridgehead atoms. The molecule has 0 aliphatic rings. The van der Waals surface area contributed by atoms with E-state index in [1.807, 2.05) is 33.9 Å². The number of hydrogen-bond donors (Lipinski definition) is 3. The second kappa shape index (κ2) is 13.1. The van der Waals surface area contributed by atoms with E-state index >= 15 is 0 Å². The molecule has 3 N–H and O–H groups in total. The monoisotopic (exact) mass is 569 g/mol. The van der Waals surface area contributed by atoms with E-state index in [0.29, 0.717) is 22.3 Å². The van der Waals surface area contributed by atoms with Crippen LogP contribution in [-0.2, 0) is 0 Å². The van der Waals surface area contributed by atoms with Crippen molar-refractivity contribution in [2.24, 2.45) is 5.41 Å². The van der Waals surface area contributed by atoms with Gasteiger partial charge < -0.3 is 15.5 Å². The normalized spacial score (nSPS) is 14.3. The highest BCUT2D eigenvalue weighted by atomic mass is 31.2. The second-order valence-corrected chi connectivity index (χ2v) is 15.2. The van der Waals surface area contributed by atoms with Gasteiger partial charge in [0, 0.05) is 16.7 Å². The molecule has 0 aliphatic carbocycles. The summed E-state index contributed by atoms with van der Waals surface area (Å²) in [6, 6.07) is 21.9. The molecule has 4 heteroatoms. The first-order valence-electron chi connectivity index (χ1n) is 14.4. The summed E-state index contributed by atoms with van der Waals surface area (Å²) in [5, 5.41) is 29.4. The van der Waals surface area contributed by atoms with Crippen LogP contribution in [0.5, 0.6) is 11.5 Å². The van der Waals surface area contributed by atoms with Crippen molar-refractivity contribution in [1.82, 2.24) is 5.32 Å². The topological polar surface area (TPSA) is 52.5 Å². The maximum atomic E-state index is 11.0. The highest BCUT2D eigenvalue weighted by molar-refractivity contribution is 7.90. The summed E-state index contributed by atoms with van der Waals surface area (Å²) in [5.74, 6) is 0.456. The zero-order chi connectivity index (χ0) is 30.4. The lowest BCUT2D eigenvalue weighted by molar-refractivity contribution is 0.227. The van der Waals surface area contributed by atoms with Crippen LogP contribution in [0, 0.1) is 26.2 Å². The van der Waals surface area contributed by atoms with E-state index in [-0.39, 0.29) is 16.9 Å². The van der Waals surface area contributed by atoms with Crippen molar-refractivity contribution in [1.29, 1.82) is 0 Å². The minimum Gasteiger partial charge on any atom is -0.507 e. The summed E-state index contributed by atoms with van der Waals surface area (Å²) >= 11 is 0. The van der Waals surface area contributed by atoms with Gasteiger partial charge in [0.2, 0.25) is 0 Å². The molecular formula is C37H48NO2P. The Bertz CT molecular complexity index is 1410. The standard InChI is InChI=1S/C37H48NO2P/c1-10-18-30(19-11-2)41(31-20-14-12-15-21-31,32-22-16-13-17-23-32)26-36(6,7)37(8,38-9)25-24-33-29(5)34(39)27(3)28(4)35(33)40/h10-25,38-40H,26H2,1-9H3/b18-10-,19-11-,25-24+. The van der Waals surface area contributed by atoms with Crippen LogP contribution in [0.1, 0.15) is 56.9 Å². The molecule has 1 unspecified atom stereocenters. The summed E-state index contributed by atoms with van der Waals surface area (Å²) < 4.78 is 0. The van der Waals surface area contributed by atoms with Crippen LogP contribution >= 0.6 is 6.89 Å². The largest absolute Gasteiger partial charge is 0.507 e. The third-order valence-corrected chi connectivity index (χ3v) is 13.7. The average Bonchev–Trinajstić information content (AvgIpc) is 2.98. The minimum atomic E-state index is -2.13. The molecule has 3 aromatic rings. The molecule has 0 radical (unpaired) electrons. The van der Waals surface area contributed by atoms with Crippen LogP contribution in [0.25, 0.3) is 6.08 Å². The van der Waals surface area contributed by atoms with E-state index in [1.54, 1.807) is 0 Å². The molecule has 41 heavy (non-hydrogen) atoms. The molecule has 0 saturated heterocycles. The van der Waals surface area contributed by atoms with Gasteiger partial charge in [-0.25, -0.2) is 0 Å². The van der Waals surface area contributed by atoms with Gasteiger partial charge in [-0.1, -0.05) is 111 Å². The van der Waals surface area contributed by atoms with Crippen LogP contribution < -0.4 is 15.9 Å². The van der Waals surface area contributed by atoms with E-state index in [0.717, 1.165) is 6.16 Å². The third kappa shape index (κ3) is 6.17. The summed E-state index contributed by atoms with van der Waals surface area (Å²) in [7, 11) is 2.00. The van der Waals surface area contributed by atoms with Gasteiger partial charge in [-0.3, -0.25) is 0 Å². The summed E-state index contributed by atoms with van der Waals surface area (Å²) in [5.41, 5.74) is 2.05. The fourth-order valence-corrected chi connectivity index (χ4v) is 10.9. The van der Waals surface area contributed by atoms with Gasteiger partial charge in [0.05, 0.1) is 0 Å². The Labute approximate surface area is 248 Å². The van der Waals surface area contributed by atoms with Gasteiger partial charge in [0.25, 0.3) is 0 Å². The van der Waals surface area contributed by atoms with Crippen LogP contribution in [0.3, 0.4) is 0 Å². The van der Waals surface area contributed by atoms with E-state index in [9.17, 15) is 10.2 Å². The van der Waals surface area contributed by atoms with E-state index in [4.69, 9.17) is 0 Å². The lowest BCUT2D eigenvalue weighted by Crippen LogP contribution is -2.53. The fraction of sp³-hybridized carbons (Fsp3) is 0.324. The van der Waals surface area contributed by atoms with Gasteiger partial charge in [-0.2, -0.15) is 0 Å². The van der Waals surface area contributed by atoms with Crippen molar-refractivity contribution >= 4 is 28.9 Å². The van der Waals surface area contributed by atoms with E-state index in [2.05, 4.69) is 131 Å². The Morgan fingerprint density at radius 3 is 1.66 bits per heavy atom. The molecule has 0 fully saturated rings.